The van der Waals surface area contributed by atoms with Crippen LogP contribution in [-0.4, -0.2) is 88.6 Å². The monoisotopic (exact) mass is 850 g/mol. The Morgan fingerprint density at radius 2 is 0.933 bits per heavy atom. The SMILES string of the molecule is CCCCC/C=C\C/C=C\C/C=C/CCCCC(=O)OCC(COC(=O)CCC(OCCCCCCCC)OCCCCCCCC)COC(=O)OCCCN(CC)CC. The van der Waals surface area contributed by atoms with Crippen LogP contribution < -0.4 is 0 Å². The predicted molar refractivity (Wildman–Crippen MR) is 246 cm³/mol. The average Bonchev–Trinajstić information content (AvgIpc) is 3.25. The van der Waals surface area contributed by atoms with Gasteiger partial charge >= 0.3 is 18.1 Å². The van der Waals surface area contributed by atoms with E-state index in [9.17, 15) is 14.4 Å². The Morgan fingerprint density at radius 3 is 1.48 bits per heavy atom. The van der Waals surface area contributed by atoms with Crippen molar-refractivity contribution in [2.24, 2.45) is 5.92 Å². The van der Waals surface area contributed by atoms with Gasteiger partial charge in [0.15, 0.2) is 6.29 Å². The van der Waals surface area contributed by atoms with E-state index in [4.69, 9.17) is 28.4 Å². The highest BCUT2D eigenvalue weighted by molar-refractivity contribution is 5.69. The first kappa shape index (κ1) is 57.3. The zero-order valence-electron chi connectivity index (χ0n) is 39.3. The van der Waals surface area contributed by atoms with Crippen LogP contribution in [0.1, 0.15) is 195 Å². The van der Waals surface area contributed by atoms with Gasteiger partial charge in [-0.1, -0.05) is 148 Å². The summed E-state index contributed by atoms with van der Waals surface area (Å²) in [5.41, 5.74) is 0. The van der Waals surface area contributed by atoms with Gasteiger partial charge in [-0.2, -0.15) is 0 Å². The van der Waals surface area contributed by atoms with Crippen LogP contribution >= 0.6 is 0 Å². The maximum absolute atomic E-state index is 12.9. The van der Waals surface area contributed by atoms with Crippen molar-refractivity contribution >= 4 is 18.1 Å². The molecule has 60 heavy (non-hydrogen) atoms. The van der Waals surface area contributed by atoms with Crippen LogP contribution in [0.3, 0.4) is 0 Å². The molecule has 0 heterocycles. The van der Waals surface area contributed by atoms with Crippen LogP contribution in [0.15, 0.2) is 36.5 Å². The molecule has 0 aliphatic carbocycles. The second-order valence-corrected chi connectivity index (χ2v) is 15.9. The number of unbranched alkanes of at least 4 members (excludes halogenated alkanes) is 15. The first-order valence-electron chi connectivity index (χ1n) is 24.4. The van der Waals surface area contributed by atoms with Gasteiger partial charge in [0.25, 0.3) is 0 Å². The van der Waals surface area contributed by atoms with Crippen LogP contribution in [0.2, 0.25) is 0 Å². The minimum Gasteiger partial charge on any atom is -0.465 e. The van der Waals surface area contributed by atoms with Crippen molar-refractivity contribution in [2.75, 3.05) is 59.3 Å². The lowest BCUT2D eigenvalue weighted by Crippen LogP contribution is -2.28. The van der Waals surface area contributed by atoms with E-state index >= 15 is 0 Å². The largest absolute Gasteiger partial charge is 0.508 e. The van der Waals surface area contributed by atoms with Crippen LogP contribution in [0.5, 0.6) is 0 Å². The van der Waals surface area contributed by atoms with Crippen LogP contribution in [0.4, 0.5) is 4.79 Å². The van der Waals surface area contributed by atoms with E-state index in [0.29, 0.717) is 38.9 Å². The Hall–Kier alpha value is -2.69. The number of hydrogen-bond donors (Lipinski definition) is 0. The number of esters is 2. The van der Waals surface area contributed by atoms with Gasteiger partial charge in [-0.05, 0) is 77.3 Å². The minimum absolute atomic E-state index is 0.0348. The quantitative estimate of drug-likeness (QED) is 0.0193. The highest BCUT2D eigenvalue weighted by Gasteiger charge is 2.20. The van der Waals surface area contributed by atoms with Gasteiger partial charge in [-0.25, -0.2) is 4.79 Å². The molecule has 0 aromatic carbocycles. The fraction of sp³-hybridized carbons (Fsp3) is 0.820. The molecule has 0 amide bonds. The summed E-state index contributed by atoms with van der Waals surface area (Å²) >= 11 is 0. The zero-order valence-corrected chi connectivity index (χ0v) is 39.3. The Labute approximate surface area is 367 Å². The van der Waals surface area contributed by atoms with Gasteiger partial charge in [0, 0.05) is 32.6 Å². The van der Waals surface area contributed by atoms with Crippen molar-refractivity contribution < 1.29 is 42.8 Å². The Bertz CT molecular complexity index is 1040. The van der Waals surface area contributed by atoms with Gasteiger partial charge in [-0.3, -0.25) is 9.59 Å². The second-order valence-electron chi connectivity index (χ2n) is 15.9. The van der Waals surface area contributed by atoms with Gasteiger partial charge in [0.2, 0.25) is 0 Å². The summed E-state index contributed by atoms with van der Waals surface area (Å²) in [4.78, 5) is 40.2. The third kappa shape index (κ3) is 40.7. The molecule has 0 aromatic heterocycles. The van der Waals surface area contributed by atoms with Gasteiger partial charge in [0.1, 0.15) is 19.8 Å². The first-order valence-corrected chi connectivity index (χ1v) is 24.4. The number of rotatable bonds is 44. The lowest BCUT2D eigenvalue weighted by molar-refractivity contribution is -0.161. The Morgan fingerprint density at radius 1 is 0.467 bits per heavy atom. The van der Waals surface area contributed by atoms with Crippen LogP contribution in [0, 0.1) is 5.92 Å². The van der Waals surface area contributed by atoms with Crippen molar-refractivity contribution in [1.29, 1.82) is 0 Å². The molecule has 10 nitrogen and oxygen atoms in total. The molecule has 0 aliphatic rings. The highest BCUT2D eigenvalue weighted by atomic mass is 16.7. The van der Waals surface area contributed by atoms with E-state index in [-0.39, 0.29) is 38.8 Å². The lowest BCUT2D eigenvalue weighted by atomic mass is 10.1. The van der Waals surface area contributed by atoms with Crippen molar-refractivity contribution in [3.05, 3.63) is 36.5 Å². The molecule has 1 atom stereocenters. The fourth-order valence-electron chi connectivity index (χ4n) is 6.39. The standard InChI is InChI=1S/C50H91NO9/c1-6-11-14-17-20-21-22-23-24-25-26-27-28-29-32-36-47(52)58-43-46(45-60-50(54)57-42-35-39-51(9-4)10-5)44-59-48(53)37-38-49(55-40-33-30-18-15-12-7-2)56-41-34-31-19-16-13-8-3/h20-21,23-24,26-27,46,49H,6-19,22,25,28-45H2,1-5H3/b21-20-,24-23-,27-26+. The molecule has 1 unspecified atom stereocenters. The molecule has 0 spiro atoms. The van der Waals surface area contributed by atoms with Crippen LogP contribution in [0.25, 0.3) is 0 Å². The van der Waals surface area contributed by atoms with Crippen LogP contribution in [-0.2, 0) is 38.0 Å². The molecule has 0 saturated heterocycles. The maximum Gasteiger partial charge on any atom is 0.508 e. The summed E-state index contributed by atoms with van der Waals surface area (Å²) in [5, 5.41) is 0. The molecule has 0 radical (unpaired) electrons. The highest BCUT2D eigenvalue weighted by Crippen LogP contribution is 2.13. The molecular formula is C50H91NO9. The molecule has 0 saturated carbocycles. The Balaban J connectivity index is 4.90. The summed E-state index contributed by atoms with van der Waals surface area (Å²) < 4.78 is 34.0. The molecule has 10 heteroatoms. The van der Waals surface area contributed by atoms with E-state index in [2.05, 4.69) is 76.0 Å². The average molecular weight is 850 g/mol. The summed E-state index contributed by atoms with van der Waals surface area (Å²) in [5.74, 6) is -1.26. The number of allylic oxidation sites excluding steroid dienone is 6. The molecule has 0 aromatic rings. The number of hydrogen-bond acceptors (Lipinski definition) is 10. The normalized spacial score (nSPS) is 12.4. The van der Waals surface area contributed by atoms with Crippen molar-refractivity contribution in [3.8, 4) is 0 Å². The Kier molecular flexibility index (Phi) is 43.8. The van der Waals surface area contributed by atoms with E-state index in [1.54, 1.807) is 0 Å². The predicted octanol–water partition coefficient (Wildman–Crippen LogP) is 13.0. The number of ether oxygens (including phenoxy) is 6. The van der Waals surface area contributed by atoms with Gasteiger partial charge in [-0.15, -0.1) is 0 Å². The molecule has 0 bridgehead atoms. The zero-order chi connectivity index (χ0) is 44.0. The smallest absolute Gasteiger partial charge is 0.465 e. The first-order chi connectivity index (χ1) is 29.4. The maximum atomic E-state index is 12.9. The lowest BCUT2D eigenvalue weighted by Gasteiger charge is -2.20. The van der Waals surface area contributed by atoms with Crippen molar-refractivity contribution in [3.63, 3.8) is 0 Å². The minimum atomic E-state index is -0.789. The molecule has 350 valence electrons. The topological polar surface area (TPSA) is 110 Å². The third-order valence-corrected chi connectivity index (χ3v) is 10.3. The van der Waals surface area contributed by atoms with E-state index in [1.165, 1.54) is 77.0 Å². The van der Waals surface area contributed by atoms with Crippen molar-refractivity contribution in [1.82, 2.24) is 4.90 Å². The number of nitrogens with zero attached hydrogens (tertiary/aromatic N) is 1. The molecule has 0 N–H and O–H groups in total. The van der Waals surface area contributed by atoms with Gasteiger partial charge < -0.3 is 33.3 Å². The number of carbonyl (C=O) groups is 3. The molecule has 0 aliphatic heterocycles. The number of carbonyl (C=O) groups excluding carboxylic acids is 3. The summed E-state index contributed by atoms with van der Waals surface area (Å²) in [6, 6.07) is 0. The third-order valence-electron chi connectivity index (χ3n) is 10.3. The van der Waals surface area contributed by atoms with E-state index in [1.807, 2.05) is 0 Å². The second kappa shape index (κ2) is 45.8. The van der Waals surface area contributed by atoms with E-state index in [0.717, 1.165) is 71.0 Å². The summed E-state index contributed by atoms with van der Waals surface area (Å²) in [6.07, 6.45) is 36.9. The summed E-state index contributed by atoms with van der Waals surface area (Å²) in [6.45, 7) is 14.8. The van der Waals surface area contributed by atoms with E-state index < -0.39 is 24.3 Å². The fourth-order valence-corrected chi connectivity index (χ4v) is 6.39. The molecule has 0 fully saturated rings. The molecule has 0 rings (SSSR count). The summed E-state index contributed by atoms with van der Waals surface area (Å²) in [7, 11) is 0. The van der Waals surface area contributed by atoms with Crippen molar-refractivity contribution in [2.45, 2.75) is 201 Å². The van der Waals surface area contributed by atoms with Gasteiger partial charge in [0.05, 0.1) is 18.9 Å². The molecular weight excluding hydrogens is 759 g/mol.